The van der Waals surface area contributed by atoms with Crippen LogP contribution in [0.5, 0.6) is 0 Å². The number of hydrogen-bond donors (Lipinski definition) is 2. The van der Waals surface area contributed by atoms with Crippen LogP contribution in [0.25, 0.3) is 0 Å². The second-order valence-corrected chi connectivity index (χ2v) is 3.05. The van der Waals surface area contributed by atoms with Crippen LogP contribution < -0.4 is 5.32 Å². The lowest BCUT2D eigenvalue weighted by Gasteiger charge is -1.90. The van der Waals surface area contributed by atoms with Gasteiger partial charge >= 0.3 is 6.09 Å². The summed E-state index contributed by atoms with van der Waals surface area (Å²) in [7, 11) is 0. The van der Waals surface area contributed by atoms with E-state index in [2.05, 4.69) is 10.3 Å². The van der Waals surface area contributed by atoms with Crippen molar-refractivity contribution in [2.75, 3.05) is 5.32 Å². The molecule has 0 radical (unpaired) electrons. The van der Waals surface area contributed by atoms with E-state index < -0.39 is 6.09 Å². The van der Waals surface area contributed by atoms with Crippen molar-refractivity contribution < 1.29 is 14.7 Å². The zero-order valence-electron chi connectivity index (χ0n) is 6.20. The van der Waals surface area contributed by atoms with Crippen molar-refractivity contribution in [3.05, 3.63) is 11.1 Å². The molecule has 0 fully saturated rings. The Balaban J connectivity index is 2.77. The zero-order valence-corrected chi connectivity index (χ0v) is 7.01. The van der Waals surface area contributed by atoms with Gasteiger partial charge in [-0.3, -0.25) is 10.1 Å². The number of rotatable bonds is 2. The van der Waals surface area contributed by atoms with Crippen molar-refractivity contribution in [1.29, 1.82) is 0 Å². The molecule has 0 aromatic carbocycles. The normalized spacial score (nSPS) is 9.42. The quantitative estimate of drug-likeness (QED) is 0.685. The Kier molecular flexibility index (Phi) is 2.39. The monoisotopic (exact) mass is 186 g/mol. The van der Waals surface area contributed by atoms with Crippen LogP contribution in [-0.4, -0.2) is 22.0 Å². The third kappa shape index (κ3) is 2.03. The second-order valence-electron chi connectivity index (χ2n) is 2.02. The average molecular weight is 186 g/mol. The molecule has 0 aliphatic heterocycles. The largest absolute Gasteiger partial charge is 0.465 e. The topological polar surface area (TPSA) is 79.3 Å². The molecule has 0 atom stereocenters. The lowest BCUT2D eigenvalue weighted by molar-refractivity contribution is 0.102. The van der Waals surface area contributed by atoms with Gasteiger partial charge in [0, 0.05) is 6.92 Å². The number of aromatic nitrogens is 1. The van der Waals surface area contributed by atoms with Crippen molar-refractivity contribution in [1.82, 2.24) is 4.98 Å². The fourth-order valence-electron chi connectivity index (χ4n) is 0.586. The van der Waals surface area contributed by atoms with Crippen molar-refractivity contribution in [2.45, 2.75) is 6.92 Å². The van der Waals surface area contributed by atoms with E-state index in [1.54, 1.807) is 0 Å². The second kappa shape index (κ2) is 3.31. The molecule has 1 aromatic rings. The maximum absolute atomic E-state index is 10.7. The third-order valence-electron chi connectivity index (χ3n) is 1.07. The van der Waals surface area contributed by atoms with Gasteiger partial charge in [0.2, 0.25) is 0 Å². The van der Waals surface area contributed by atoms with Crippen molar-refractivity contribution in [3.8, 4) is 0 Å². The van der Waals surface area contributed by atoms with Crippen LogP contribution in [-0.2, 0) is 0 Å². The zero-order chi connectivity index (χ0) is 9.14. The SMILES string of the molecule is CC(=O)c1cnc(NC(=O)O)s1. The minimum atomic E-state index is -1.18. The summed E-state index contributed by atoms with van der Waals surface area (Å²) in [6.45, 7) is 1.40. The lowest BCUT2D eigenvalue weighted by atomic mass is 10.4. The summed E-state index contributed by atoms with van der Waals surface area (Å²) < 4.78 is 0. The molecular weight excluding hydrogens is 180 g/mol. The molecule has 2 N–H and O–H groups in total. The van der Waals surface area contributed by atoms with E-state index in [4.69, 9.17) is 5.11 Å². The molecule has 0 bridgehead atoms. The molecule has 0 saturated carbocycles. The standard InChI is InChI=1S/C6H6N2O3S/c1-3(9)4-2-7-5(12-4)8-6(10)11/h2H,1H3,(H,7,8)(H,10,11). The summed E-state index contributed by atoms with van der Waals surface area (Å²) in [6, 6.07) is 0. The summed E-state index contributed by atoms with van der Waals surface area (Å²) >= 11 is 1.02. The van der Waals surface area contributed by atoms with Gasteiger partial charge in [-0.25, -0.2) is 9.78 Å². The molecule has 0 aliphatic carbocycles. The number of carboxylic acid groups (broad SMARTS) is 1. The maximum atomic E-state index is 10.7. The predicted octanol–water partition coefficient (Wildman–Crippen LogP) is 1.44. The molecule has 1 amide bonds. The van der Waals surface area contributed by atoms with E-state index in [9.17, 15) is 9.59 Å². The summed E-state index contributed by atoms with van der Waals surface area (Å²) in [6.07, 6.45) is 0.164. The fourth-order valence-corrected chi connectivity index (χ4v) is 1.29. The number of Topliss-reactive ketones (excluding diaryl/α,β-unsaturated/α-hetero) is 1. The lowest BCUT2D eigenvalue weighted by Crippen LogP contribution is -2.06. The Morgan fingerprint density at radius 1 is 1.67 bits per heavy atom. The van der Waals surface area contributed by atoms with Crippen LogP contribution >= 0.6 is 11.3 Å². The predicted molar refractivity (Wildman–Crippen MR) is 43.8 cm³/mol. The highest BCUT2D eigenvalue weighted by molar-refractivity contribution is 7.17. The molecule has 64 valence electrons. The van der Waals surface area contributed by atoms with Gasteiger partial charge in [-0.1, -0.05) is 11.3 Å². The molecule has 0 saturated heterocycles. The number of carbonyl (C=O) groups is 2. The number of hydrogen-bond acceptors (Lipinski definition) is 4. The Morgan fingerprint density at radius 3 is 2.75 bits per heavy atom. The van der Waals surface area contributed by atoms with Gasteiger partial charge in [0.25, 0.3) is 0 Å². The summed E-state index contributed by atoms with van der Waals surface area (Å²) in [5.41, 5.74) is 0. The number of nitrogens with zero attached hydrogens (tertiary/aromatic N) is 1. The van der Waals surface area contributed by atoms with E-state index in [0.717, 1.165) is 11.3 Å². The summed E-state index contributed by atoms with van der Waals surface area (Å²) in [5.74, 6) is -0.120. The maximum Gasteiger partial charge on any atom is 0.410 e. The van der Waals surface area contributed by atoms with Crippen molar-refractivity contribution in [3.63, 3.8) is 0 Å². The molecule has 0 spiro atoms. The van der Waals surface area contributed by atoms with Gasteiger partial charge in [0.05, 0.1) is 11.1 Å². The number of amides is 1. The van der Waals surface area contributed by atoms with E-state index >= 15 is 0 Å². The van der Waals surface area contributed by atoms with Gasteiger partial charge in [-0.2, -0.15) is 0 Å². The van der Waals surface area contributed by atoms with E-state index in [-0.39, 0.29) is 10.9 Å². The molecule has 12 heavy (non-hydrogen) atoms. The summed E-state index contributed by atoms with van der Waals surface area (Å²) in [5, 5.41) is 10.6. The van der Waals surface area contributed by atoms with Crippen LogP contribution in [0.1, 0.15) is 16.6 Å². The minimum absolute atomic E-state index is 0.120. The number of carbonyl (C=O) groups excluding carboxylic acids is 1. The number of ketones is 1. The first-order chi connectivity index (χ1) is 5.59. The third-order valence-corrected chi connectivity index (χ3v) is 2.08. The Bertz CT molecular complexity index is 320. The summed E-state index contributed by atoms with van der Waals surface area (Å²) in [4.78, 5) is 25.0. The number of anilines is 1. The van der Waals surface area contributed by atoms with Crippen LogP contribution in [0.2, 0.25) is 0 Å². The Hall–Kier alpha value is -1.43. The van der Waals surface area contributed by atoms with Gasteiger partial charge in [0.15, 0.2) is 10.9 Å². The van der Waals surface area contributed by atoms with Gasteiger partial charge in [0.1, 0.15) is 0 Å². The molecule has 1 rings (SSSR count). The van der Waals surface area contributed by atoms with Gasteiger partial charge in [-0.05, 0) is 0 Å². The fraction of sp³-hybridized carbons (Fsp3) is 0.167. The Morgan fingerprint density at radius 2 is 2.33 bits per heavy atom. The van der Waals surface area contributed by atoms with Crippen LogP contribution in [0, 0.1) is 0 Å². The van der Waals surface area contributed by atoms with Crippen LogP contribution in [0.3, 0.4) is 0 Å². The smallest absolute Gasteiger partial charge is 0.410 e. The molecular formula is C6H6N2O3S. The molecule has 1 heterocycles. The van der Waals surface area contributed by atoms with Crippen molar-refractivity contribution in [2.24, 2.45) is 0 Å². The van der Waals surface area contributed by atoms with E-state index in [0.29, 0.717) is 4.88 Å². The molecule has 0 aliphatic rings. The van der Waals surface area contributed by atoms with Crippen LogP contribution in [0.4, 0.5) is 9.93 Å². The van der Waals surface area contributed by atoms with Gasteiger partial charge < -0.3 is 5.11 Å². The molecule has 5 nitrogen and oxygen atoms in total. The van der Waals surface area contributed by atoms with Crippen LogP contribution in [0.15, 0.2) is 6.20 Å². The first-order valence-corrected chi connectivity index (χ1v) is 3.88. The van der Waals surface area contributed by atoms with Gasteiger partial charge in [-0.15, -0.1) is 0 Å². The van der Waals surface area contributed by atoms with Crippen molar-refractivity contribution >= 4 is 28.3 Å². The number of nitrogens with one attached hydrogen (secondary N) is 1. The highest BCUT2D eigenvalue weighted by Gasteiger charge is 2.06. The molecule has 0 unspecified atom stereocenters. The first kappa shape index (κ1) is 8.66. The highest BCUT2D eigenvalue weighted by atomic mass is 32.1. The highest BCUT2D eigenvalue weighted by Crippen LogP contribution is 2.17. The first-order valence-electron chi connectivity index (χ1n) is 3.06. The Labute approximate surface area is 72.1 Å². The number of thiazole rings is 1. The molecule has 1 aromatic heterocycles. The average Bonchev–Trinajstić information content (AvgIpc) is 2.34. The van der Waals surface area contributed by atoms with E-state index in [1.165, 1.54) is 13.1 Å². The van der Waals surface area contributed by atoms with E-state index in [1.807, 2.05) is 0 Å². The molecule has 6 heteroatoms. The minimum Gasteiger partial charge on any atom is -0.465 e.